The van der Waals surface area contributed by atoms with Crippen LogP contribution >= 0.6 is 11.3 Å². The molecule has 2 heterocycles. The van der Waals surface area contributed by atoms with Crippen molar-refractivity contribution in [3.05, 3.63) is 74.4 Å². The molecule has 242 valence electrons. The van der Waals surface area contributed by atoms with E-state index in [0.29, 0.717) is 47.8 Å². The molecule has 45 heavy (non-hydrogen) atoms. The summed E-state index contributed by atoms with van der Waals surface area (Å²) in [6.07, 6.45) is 5.06. The summed E-state index contributed by atoms with van der Waals surface area (Å²) in [5, 5.41) is 17.5. The van der Waals surface area contributed by atoms with Gasteiger partial charge in [0.2, 0.25) is 5.13 Å². The van der Waals surface area contributed by atoms with Crippen LogP contribution in [0.3, 0.4) is 0 Å². The molecule has 1 aliphatic carbocycles. The van der Waals surface area contributed by atoms with Crippen molar-refractivity contribution in [2.45, 2.75) is 67.7 Å². The standard InChI is InChI=1S/C34H46N6O4S/c1-8-11-27-18-22(5)31(44-9-2)29(23(27)6)37-38-30-24(7)39-40(33(30)42)34-36-28(20-45-34)25-12-14-26(15-13-25)32(41)35-16-10-17-43-19-21(3)4/h12-15,18,20-23,39H,8-11,16-17,19H2,1-7H3,(H,35,41). The zero-order valence-corrected chi connectivity index (χ0v) is 28.3. The van der Waals surface area contributed by atoms with Crippen LogP contribution in [0.4, 0.5) is 5.69 Å². The normalized spacial score (nSPS) is 16.9. The Morgan fingerprint density at radius 2 is 1.93 bits per heavy atom. The highest BCUT2D eigenvalue weighted by atomic mass is 32.1. The average molecular weight is 635 g/mol. The fourth-order valence-electron chi connectivity index (χ4n) is 5.23. The fourth-order valence-corrected chi connectivity index (χ4v) is 6.02. The number of hydrogen-bond acceptors (Lipinski definition) is 8. The van der Waals surface area contributed by atoms with Gasteiger partial charge in [0.05, 0.1) is 18.0 Å². The van der Waals surface area contributed by atoms with E-state index in [2.05, 4.69) is 61.3 Å². The molecule has 1 amide bonds. The molecule has 2 aromatic heterocycles. The Kier molecular flexibility index (Phi) is 12.1. The van der Waals surface area contributed by atoms with Crippen LogP contribution < -0.4 is 10.9 Å². The third kappa shape index (κ3) is 8.46. The minimum absolute atomic E-state index is 0.0565. The van der Waals surface area contributed by atoms with Gasteiger partial charge in [-0.25, -0.2) is 4.98 Å². The van der Waals surface area contributed by atoms with Gasteiger partial charge in [-0.2, -0.15) is 9.80 Å². The van der Waals surface area contributed by atoms with E-state index in [1.165, 1.54) is 21.6 Å². The molecule has 10 nitrogen and oxygen atoms in total. The molecule has 0 saturated heterocycles. The number of carbonyl (C=O) groups excluding carboxylic acids is 1. The van der Waals surface area contributed by atoms with Gasteiger partial charge in [0, 0.05) is 48.1 Å². The van der Waals surface area contributed by atoms with Crippen molar-refractivity contribution in [3.8, 4) is 16.4 Å². The quantitative estimate of drug-likeness (QED) is 0.101. The first kappa shape index (κ1) is 34.1. The molecule has 2 unspecified atom stereocenters. The van der Waals surface area contributed by atoms with Crippen LogP contribution in [0.25, 0.3) is 16.4 Å². The van der Waals surface area contributed by atoms with Gasteiger partial charge in [-0.05, 0) is 44.7 Å². The van der Waals surface area contributed by atoms with Gasteiger partial charge in [-0.3, -0.25) is 14.7 Å². The van der Waals surface area contributed by atoms with Gasteiger partial charge in [0.15, 0.2) is 5.69 Å². The number of nitrogens with zero attached hydrogens (tertiary/aromatic N) is 4. The lowest BCUT2D eigenvalue weighted by Crippen LogP contribution is -2.25. The Balaban J connectivity index is 1.46. The number of ether oxygens (including phenoxy) is 2. The van der Waals surface area contributed by atoms with E-state index in [1.807, 2.05) is 24.4 Å². The number of amides is 1. The monoisotopic (exact) mass is 634 g/mol. The molecular formula is C34H46N6O4S. The molecule has 1 aliphatic rings. The summed E-state index contributed by atoms with van der Waals surface area (Å²) in [4.78, 5) is 30.7. The van der Waals surface area contributed by atoms with Crippen LogP contribution in [0, 0.1) is 24.7 Å². The molecule has 0 saturated carbocycles. The smallest absolute Gasteiger partial charge is 0.301 e. The van der Waals surface area contributed by atoms with E-state index in [0.717, 1.165) is 42.9 Å². The Bertz CT molecular complexity index is 1590. The number of azo groups is 1. The summed E-state index contributed by atoms with van der Waals surface area (Å²) < 4.78 is 13.0. The molecule has 0 spiro atoms. The van der Waals surface area contributed by atoms with Gasteiger partial charge < -0.3 is 14.8 Å². The van der Waals surface area contributed by atoms with E-state index in [1.54, 1.807) is 19.1 Å². The van der Waals surface area contributed by atoms with Crippen molar-refractivity contribution < 1.29 is 14.3 Å². The number of allylic oxidation sites excluding steroid dienone is 2. The minimum atomic E-state index is -0.321. The Morgan fingerprint density at radius 3 is 2.62 bits per heavy atom. The van der Waals surface area contributed by atoms with Crippen LogP contribution in [-0.2, 0) is 9.47 Å². The molecule has 0 bridgehead atoms. The number of nitrogens with one attached hydrogen (secondary N) is 2. The minimum Gasteiger partial charge on any atom is -0.496 e. The van der Waals surface area contributed by atoms with E-state index >= 15 is 0 Å². The number of thiazole rings is 1. The van der Waals surface area contributed by atoms with E-state index < -0.39 is 0 Å². The average Bonchev–Trinajstić information content (AvgIpc) is 3.61. The third-order valence-corrected chi connectivity index (χ3v) is 8.39. The molecule has 3 aromatic rings. The lowest BCUT2D eigenvalue weighted by atomic mass is 9.84. The summed E-state index contributed by atoms with van der Waals surface area (Å²) in [7, 11) is 0. The highest BCUT2D eigenvalue weighted by Crippen LogP contribution is 2.37. The maximum Gasteiger partial charge on any atom is 0.301 e. The molecule has 4 rings (SSSR count). The molecule has 11 heteroatoms. The van der Waals surface area contributed by atoms with Crippen LogP contribution in [0.2, 0.25) is 0 Å². The SMILES string of the molecule is CCCC1=CC(C)C(OCC)=C(N=Nc2c(C)[nH]n(-c3nc(-c4ccc(C(=O)NCCCOCC(C)C)cc4)cs3)c2=O)C1C. The number of carbonyl (C=O) groups is 1. The summed E-state index contributed by atoms with van der Waals surface area (Å²) in [6.45, 7) is 16.8. The van der Waals surface area contributed by atoms with Gasteiger partial charge in [0.1, 0.15) is 11.5 Å². The molecule has 1 aromatic carbocycles. The number of aromatic nitrogens is 3. The number of benzene rings is 1. The summed E-state index contributed by atoms with van der Waals surface area (Å²) >= 11 is 1.34. The lowest BCUT2D eigenvalue weighted by molar-refractivity contribution is 0.0925. The highest BCUT2D eigenvalue weighted by molar-refractivity contribution is 7.12. The van der Waals surface area contributed by atoms with Gasteiger partial charge >= 0.3 is 5.56 Å². The number of hydrogen-bond donors (Lipinski definition) is 2. The fraction of sp³-hybridized carbons (Fsp3) is 0.500. The van der Waals surface area contributed by atoms with Crippen LogP contribution in [0.5, 0.6) is 0 Å². The van der Waals surface area contributed by atoms with E-state index in [4.69, 9.17) is 14.5 Å². The van der Waals surface area contributed by atoms with Gasteiger partial charge in [-0.15, -0.1) is 16.5 Å². The molecule has 0 fully saturated rings. The Labute approximate surface area is 269 Å². The maximum atomic E-state index is 13.5. The second kappa shape index (κ2) is 15.9. The number of H-pyrrole nitrogens is 1. The van der Waals surface area contributed by atoms with Gasteiger partial charge in [-0.1, -0.05) is 64.8 Å². The number of rotatable bonds is 15. The lowest BCUT2D eigenvalue weighted by Gasteiger charge is -2.27. The van der Waals surface area contributed by atoms with Crippen molar-refractivity contribution in [1.29, 1.82) is 0 Å². The van der Waals surface area contributed by atoms with Gasteiger partial charge in [0.25, 0.3) is 5.91 Å². The van der Waals surface area contributed by atoms with Crippen molar-refractivity contribution >= 4 is 22.9 Å². The third-order valence-electron chi connectivity index (χ3n) is 7.56. The molecule has 2 atom stereocenters. The zero-order chi connectivity index (χ0) is 32.5. The highest BCUT2D eigenvalue weighted by Gasteiger charge is 2.28. The summed E-state index contributed by atoms with van der Waals surface area (Å²) in [5.41, 5.74) is 4.73. The van der Waals surface area contributed by atoms with Crippen molar-refractivity contribution in [1.82, 2.24) is 20.1 Å². The first-order valence-electron chi connectivity index (χ1n) is 15.9. The number of aryl methyl sites for hydroxylation is 1. The Morgan fingerprint density at radius 1 is 1.18 bits per heavy atom. The first-order valence-corrected chi connectivity index (χ1v) is 16.8. The summed E-state index contributed by atoms with van der Waals surface area (Å²) in [6, 6.07) is 7.28. The maximum absolute atomic E-state index is 13.5. The van der Waals surface area contributed by atoms with Crippen LogP contribution in [0.1, 0.15) is 76.9 Å². The Hall–Kier alpha value is -3.83. The predicted octanol–water partition coefficient (Wildman–Crippen LogP) is 7.73. The molecule has 0 aliphatic heterocycles. The second-order valence-corrected chi connectivity index (χ2v) is 12.6. The molecular weight excluding hydrogens is 588 g/mol. The van der Waals surface area contributed by atoms with Crippen LogP contribution in [0.15, 0.2) is 67.8 Å². The van der Waals surface area contributed by atoms with Crippen molar-refractivity contribution in [3.63, 3.8) is 0 Å². The molecule has 0 radical (unpaired) electrons. The van der Waals surface area contributed by atoms with Crippen LogP contribution in [-0.4, -0.2) is 47.0 Å². The van der Waals surface area contributed by atoms with E-state index in [9.17, 15) is 9.59 Å². The second-order valence-electron chi connectivity index (χ2n) is 11.8. The van der Waals surface area contributed by atoms with Crippen molar-refractivity contribution in [2.24, 2.45) is 28.0 Å². The van der Waals surface area contributed by atoms with E-state index in [-0.39, 0.29) is 29.0 Å². The zero-order valence-electron chi connectivity index (χ0n) is 27.5. The predicted molar refractivity (Wildman–Crippen MR) is 179 cm³/mol. The first-order chi connectivity index (χ1) is 21.6. The topological polar surface area (TPSA) is 123 Å². The van der Waals surface area contributed by atoms with Crippen molar-refractivity contribution in [2.75, 3.05) is 26.4 Å². The summed E-state index contributed by atoms with van der Waals surface area (Å²) in [5.74, 6) is 1.33. The largest absolute Gasteiger partial charge is 0.496 e. The molecule has 2 N–H and O–H groups in total. The number of aromatic amines is 1.